The van der Waals surface area contributed by atoms with Crippen LogP contribution in [-0.4, -0.2) is 23.2 Å². The number of carboxylic acid groups (broad SMARTS) is 1. The quantitative estimate of drug-likeness (QED) is 0.225. The number of halogens is 1. The van der Waals surface area contributed by atoms with Crippen molar-refractivity contribution in [2.45, 2.75) is 47.0 Å². The van der Waals surface area contributed by atoms with Gasteiger partial charge in [0.25, 0.3) is 5.91 Å². The van der Waals surface area contributed by atoms with E-state index in [2.05, 4.69) is 26.1 Å². The molecule has 5 rings (SSSR count). The number of aromatic carboxylic acids is 1. The summed E-state index contributed by atoms with van der Waals surface area (Å²) in [4.78, 5) is 31.1. The van der Waals surface area contributed by atoms with Gasteiger partial charge >= 0.3 is 5.97 Å². The Hall–Kier alpha value is -3.68. The van der Waals surface area contributed by atoms with Gasteiger partial charge in [-0.1, -0.05) is 44.5 Å². The van der Waals surface area contributed by atoms with Crippen LogP contribution < -0.4 is 5.32 Å². The topological polar surface area (TPSA) is 91.9 Å². The minimum atomic E-state index is -0.979. The van der Waals surface area contributed by atoms with Crippen molar-refractivity contribution in [1.29, 1.82) is 0 Å². The van der Waals surface area contributed by atoms with E-state index in [1.165, 1.54) is 4.88 Å². The third kappa shape index (κ3) is 5.76. The Bertz CT molecular complexity index is 1610. The highest BCUT2D eigenvalue weighted by Gasteiger charge is 2.33. The fraction of sp³-hybridized carbons (Fsp3) is 0.281. The van der Waals surface area contributed by atoms with Crippen LogP contribution in [0.5, 0.6) is 0 Å². The molecule has 40 heavy (non-hydrogen) atoms. The van der Waals surface area contributed by atoms with Crippen molar-refractivity contribution in [3.05, 3.63) is 92.5 Å². The van der Waals surface area contributed by atoms with Crippen molar-refractivity contribution in [2.75, 3.05) is 5.32 Å². The van der Waals surface area contributed by atoms with Crippen LogP contribution in [0.2, 0.25) is 5.02 Å². The summed E-state index contributed by atoms with van der Waals surface area (Å²) < 4.78 is 6.03. The maximum absolute atomic E-state index is 13.6. The molecular formula is C32H31ClN2O4S. The first kappa shape index (κ1) is 27.9. The summed E-state index contributed by atoms with van der Waals surface area (Å²) in [5, 5.41) is 13.7. The zero-order chi connectivity index (χ0) is 28.6. The van der Waals surface area contributed by atoms with E-state index in [1.54, 1.807) is 73.0 Å². The Morgan fingerprint density at radius 1 is 1.12 bits per heavy atom. The number of thiophene rings is 1. The van der Waals surface area contributed by atoms with Crippen molar-refractivity contribution in [3.63, 3.8) is 0 Å². The number of amides is 1. The highest BCUT2D eigenvalue weighted by Crippen LogP contribution is 2.45. The number of hydrogen-bond acceptors (Lipinski definition) is 5. The molecule has 0 radical (unpaired) electrons. The van der Waals surface area contributed by atoms with Gasteiger partial charge in [-0.2, -0.15) is 0 Å². The highest BCUT2D eigenvalue weighted by molar-refractivity contribution is 7.16. The minimum Gasteiger partial charge on any atom is -0.478 e. The van der Waals surface area contributed by atoms with Crippen molar-refractivity contribution in [2.24, 2.45) is 16.3 Å². The number of rotatable bonds is 6. The molecule has 6 nitrogen and oxygen atoms in total. The molecule has 0 aliphatic heterocycles. The first-order valence-corrected chi connectivity index (χ1v) is 14.4. The van der Waals surface area contributed by atoms with Gasteiger partial charge in [0.05, 0.1) is 17.3 Å². The second kappa shape index (κ2) is 11.1. The molecule has 1 atom stereocenters. The fourth-order valence-electron chi connectivity index (χ4n) is 5.19. The molecule has 2 N–H and O–H groups in total. The van der Waals surface area contributed by atoms with Crippen LogP contribution in [0.15, 0.2) is 64.0 Å². The zero-order valence-corrected chi connectivity index (χ0v) is 24.4. The fourth-order valence-corrected chi connectivity index (χ4v) is 6.58. The lowest BCUT2D eigenvalue weighted by atomic mass is 9.72. The molecule has 1 aliphatic carbocycles. The smallest absolute Gasteiger partial charge is 0.335 e. The molecule has 0 saturated carbocycles. The Balaban J connectivity index is 1.47. The van der Waals surface area contributed by atoms with E-state index in [0.717, 1.165) is 24.8 Å². The molecule has 2 aromatic carbocycles. The second-order valence-electron chi connectivity index (χ2n) is 11.2. The number of benzene rings is 2. The maximum atomic E-state index is 13.6. The maximum Gasteiger partial charge on any atom is 0.335 e. The van der Waals surface area contributed by atoms with Crippen LogP contribution in [0.1, 0.15) is 69.7 Å². The average Bonchev–Trinajstić information content (AvgIpc) is 3.52. The molecule has 1 amide bonds. The molecular weight excluding hydrogens is 544 g/mol. The largest absolute Gasteiger partial charge is 0.478 e. The number of carbonyl (C=O) groups is 2. The van der Waals surface area contributed by atoms with Crippen LogP contribution in [-0.2, 0) is 12.8 Å². The molecule has 2 aromatic heterocycles. The normalized spacial score (nSPS) is 15.3. The molecule has 0 fully saturated rings. The predicted octanol–water partition coefficient (Wildman–Crippen LogP) is 8.82. The van der Waals surface area contributed by atoms with Gasteiger partial charge in [-0.3, -0.25) is 4.79 Å². The molecule has 0 unspecified atom stereocenters. The number of aliphatic imine (C=N–C) groups is 1. The van der Waals surface area contributed by atoms with Gasteiger partial charge in [-0.25, -0.2) is 9.79 Å². The molecule has 1 aliphatic rings. The number of nitrogens with zero attached hydrogens (tertiary/aromatic N) is 1. The van der Waals surface area contributed by atoms with Crippen molar-refractivity contribution in [1.82, 2.24) is 0 Å². The number of carbonyl (C=O) groups excluding carboxylic acids is 1. The third-order valence-electron chi connectivity index (χ3n) is 7.57. The second-order valence-corrected chi connectivity index (χ2v) is 12.7. The third-order valence-corrected chi connectivity index (χ3v) is 8.98. The lowest BCUT2D eigenvalue weighted by Gasteiger charge is -2.33. The summed E-state index contributed by atoms with van der Waals surface area (Å²) in [5.74, 6) is 0.425. The average molecular weight is 575 g/mol. The molecule has 0 spiro atoms. The summed E-state index contributed by atoms with van der Waals surface area (Å²) in [6, 6.07) is 15.8. The summed E-state index contributed by atoms with van der Waals surface area (Å²) >= 11 is 7.59. The molecule has 2 heterocycles. The summed E-state index contributed by atoms with van der Waals surface area (Å²) in [5.41, 5.74) is 4.11. The summed E-state index contributed by atoms with van der Waals surface area (Å²) in [7, 11) is 0. The minimum absolute atomic E-state index is 0.178. The van der Waals surface area contributed by atoms with Crippen LogP contribution in [0.4, 0.5) is 10.7 Å². The van der Waals surface area contributed by atoms with Crippen molar-refractivity contribution < 1.29 is 19.1 Å². The SMILES string of the molecule is Cc1c(C(=O)O)cccc1-c1ccc(C=Nc2sc3c(c2C(=O)Nc2ccc(Cl)cc2)CC[C@@H](C(C)(C)C)C3)o1. The Morgan fingerprint density at radius 3 is 2.58 bits per heavy atom. The van der Waals surface area contributed by atoms with E-state index >= 15 is 0 Å². The molecule has 8 heteroatoms. The Labute approximate surface area is 242 Å². The number of furan rings is 1. The van der Waals surface area contributed by atoms with Gasteiger partial charge in [-0.15, -0.1) is 11.3 Å². The van der Waals surface area contributed by atoms with E-state index in [1.807, 2.05) is 6.07 Å². The van der Waals surface area contributed by atoms with Gasteiger partial charge in [0.2, 0.25) is 0 Å². The van der Waals surface area contributed by atoms with Gasteiger partial charge in [0.15, 0.2) is 0 Å². The lowest BCUT2D eigenvalue weighted by molar-refractivity contribution is 0.0696. The Morgan fingerprint density at radius 2 is 1.88 bits per heavy atom. The highest BCUT2D eigenvalue weighted by atomic mass is 35.5. The monoisotopic (exact) mass is 574 g/mol. The first-order valence-electron chi connectivity index (χ1n) is 13.2. The summed E-state index contributed by atoms with van der Waals surface area (Å²) in [6.45, 7) is 8.57. The van der Waals surface area contributed by atoms with E-state index in [4.69, 9.17) is 21.0 Å². The number of fused-ring (bicyclic) bond motifs is 1. The van der Waals surface area contributed by atoms with E-state index < -0.39 is 5.97 Å². The van der Waals surface area contributed by atoms with Crippen LogP contribution >= 0.6 is 22.9 Å². The number of anilines is 1. The summed E-state index contributed by atoms with van der Waals surface area (Å²) in [6.07, 6.45) is 4.40. The zero-order valence-electron chi connectivity index (χ0n) is 22.9. The number of carboxylic acids is 1. The van der Waals surface area contributed by atoms with Crippen molar-refractivity contribution >= 4 is 51.7 Å². The van der Waals surface area contributed by atoms with Gasteiger partial charge < -0.3 is 14.8 Å². The molecule has 206 valence electrons. The van der Waals surface area contributed by atoms with Crippen LogP contribution in [0.25, 0.3) is 11.3 Å². The molecule has 0 bridgehead atoms. The van der Waals surface area contributed by atoms with Gasteiger partial charge in [0, 0.05) is 21.2 Å². The van der Waals surface area contributed by atoms with Crippen LogP contribution in [0, 0.1) is 18.3 Å². The number of hydrogen-bond donors (Lipinski definition) is 2. The predicted molar refractivity (Wildman–Crippen MR) is 162 cm³/mol. The van der Waals surface area contributed by atoms with E-state index in [0.29, 0.717) is 49.8 Å². The van der Waals surface area contributed by atoms with Gasteiger partial charge in [-0.05, 0) is 91.1 Å². The first-order chi connectivity index (χ1) is 19.0. The van der Waals surface area contributed by atoms with Gasteiger partial charge in [0.1, 0.15) is 16.5 Å². The number of nitrogens with one attached hydrogen (secondary N) is 1. The Kier molecular flexibility index (Phi) is 7.71. The van der Waals surface area contributed by atoms with E-state index in [-0.39, 0.29) is 16.9 Å². The van der Waals surface area contributed by atoms with E-state index in [9.17, 15) is 14.7 Å². The van der Waals surface area contributed by atoms with Crippen molar-refractivity contribution in [3.8, 4) is 11.3 Å². The molecule has 0 saturated heterocycles. The standard InChI is InChI=1S/C32H31ClN2O4S/c1-18-23(6-5-7-24(18)31(37)38)26-15-13-22(39-26)17-34-30-28(29(36)35-21-11-9-20(33)10-12-21)25-14-8-19(32(2,3)4)16-27(25)40-30/h5-7,9-13,15,17,19H,8,14,16H2,1-4H3,(H,35,36)(H,37,38)/t19-/m1/s1. The lowest BCUT2D eigenvalue weighted by Crippen LogP contribution is -2.27. The van der Waals surface area contributed by atoms with Crippen LogP contribution in [0.3, 0.4) is 0 Å². The molecule has 4 aromatic rings.